The number of benzene rings is 2. The number of para-hydroxylation sites is 1. The standard InChI is InChI=1S/C24H25Cl2N5O2/c1-24(2,3)29-22-27-19-11-12-30(23(33)28-20-10-9-15(25)13-18(20)26)14-17(19)21(32)31(22)16-7-5-4-6-8-16/h4-10,13H,11-12,14H2,1-3H3,(H,27,29)(H,28,33). The van der Waals surface area contributed by atoms with E-state index < -0.39 is 0 Å². The van der Waals surface area contributed by atoms with Crippen molar-refractivity contribution >= 4 is 40.9 Å². The van der Waals surface area contributed by atoms with Crippen molar-refractivity contribution < 1.29 is 4.79 Å². The zero-order valence-electron chi connectivity index (χ0n) is 18.7. The van der Waals surface area contributed by atoms with Gasteiger partial charge in [0.15, 0.2) is 0 Å². The highest BCUT2D eigenvalue weighted by Gasteiger charge is 2.28. The Hall–Kier alpha value is -3.03. The lowest BCUT2D eigenvalue weighted by molar-refractivity contribution is 0.205. The zero-order valence-corrected chi connectivity index (χ0v) is 20.2. The molecule has 1 aliphatic rings. The lowest BCUT2D eigenvalue weighted by Crippen LogP contribution is -2.43. The highest BCUT2D eigenvalue weighted by molar-refractivity contribution is 6.36. The minimum absolute atomic E-state index is 0.154. The third-order valence-electron chi connectivity index (χ3n) is 5.19. The Labute approximate surface area is 202 Å². The van der Waals surface area contributed by atoms with Crippen LogP contribution in [0.25, 0.3) is 5.69 Å². The number of hydrogen-bond acceptors (Lipinski definition) is 4. The lowest BCUT2D eigenvalue weighted by Gasteiger charge is -2.30. The Kier molecular flexibility index (Phi) is 6.36. The number of halogens is 2. The molecule has 0 saturated heterocycles. The fourth-order valence-electron chi connectivity index (χ4n) is 3.67. The van der Waals surface area contributed by atoms with Gasteiger partial charge in [0.05, 0.1) is 34.2 Å². The third-order valence-corrected chi connectivity index (χ3v) is 5.74. The van der Waals surface area contributed by atoms with E-state index in [0.29, 0.717) is 51.6 Å². The summed E-state index contributed by atoms with van der Waals surface area (Å²) in [7, 11) is 0. The summed E-state index contributed by atoms with van der Waals surface area (Å²) in [6.45, 7) is 6.63. The van der Waals surface area contributed by atoms with Gasteiger partial charge in [-0.2, -0.15) is 0 Å². The molecule has 7 nitrogen and oxygen atoms in total. The molecule has 0 aliphatic carbocycles. The predicted octanol–water partition coefficient (Wildman–Crippen LogP) is 5.34. The molecule has 2 N–H and O–H groups in total. The van der Waals surface area contributed by atoms with Gasteiger partial charge in [0, 0.05) is 23.5 Å². The molecule has 0 saturated carbocycles. The number of nitrogens with zero attached hydrogens (tertiary/aromatic N) is 3. The molecule has 172 valence electrons. The molecule has 3 aromatic rings. The Morgan fingerprint density at radius 3 is 2.48 bits per heavy atom. The van der Waals surface area contributed by atoms with E-state index in [9.17, 15) is 9.59 Å². The van der Waals surface area contributed by atoms with Gasteiger partial charge < -0.3 is 15.5 Å². The molecule has 33 heavy (non-hydrogen) atoms. The average Bonchev–Trinajstić information content (AvgIpc) is 2.75. The van der Waals surface area contributed by atoms with Gasteiger partial charge in [-0.25, -0.2) is 14.3 Å². The molecule has 2 amide bonds. The number of fused-ring (bicyclic) bond motifs is 1. The Bertz CT molecular complexity index is 1250. The van der Waals surface area contributed by atoms with Crippen molar-refractivity contribution in [1.82, 2.24) is 14.5 Å². The number of hydrogen-bond donors (Lipinski definition) is 2. The Balaban J connectivity index is 1.68. The monoisotopic (exact) mass is 485 g/mol. The van der Waals surface area contributed by atoms with Crippen LogP contribution in [0.2, 0.25) is 10.0 Å². The van der Waals surface area contributed by atoms with Crippen molar-refractivity contribution in [3.63, 3.8) is 0 Å². The minimum Gasteiger partial charge on any atom is -0.351 e. The minimum atomic E-state index is -0.340. The van der Waals surface area contributed by atoms with Crippen LogP contribution < -0.4 is 16.2 Å². The van der Waals surface area contributed by atoms with Gasteiger partial charge in [0.2, 0.25) is 5.95 Å². The van der Waals surface area contributed by atoms with Crippen LogP contribution in [0.15, 0.2) is 53.3 Å². The van der Waals surface area contributed by atoms with E-state index in [4.69, 9.17) is 28.2 Å². The molecular weight excluding hydrogens is 461 g/mol. The highest BCUT2D eigenvalue weighted by Crippen LogP contribution is 2.27. The first-order chi connectivity index (χ1) is 15.6. The summed E-state index contributed by atoms with van der Waals surface area (Å²) in [5.74, 6) is 0.489. The highest BCUT2D eigenvalue weighted by atomic mass is 35.5. The van der Waals surface area contributed by atoms with Crippen molar-refractivity contribution in [3.05, 3.63) is 80.2 Å². The SMILES string of the molecule is CC(C)(C)Nc1nc2c(c(=O)n1-c1ccccc1)CN(C(=O)Nc1ccc(Cl)cc1Cl)CC2. The maximum absolute atomic E-state index is 13.6. The van der Waals surface area contributed by atoms with Gasteiger partial charge in [-0.1, -0.05) is 41.4 Å². The van der Waals surface area contributed by atoms with Gasteiger partial charge in [0.1, 0.15) is 0 Å². The number of aromatic nitrogens is 2. The molecule has 2 heterocycles. The van der Waals surface area contributed by atoms with Gasteiger partial charge >= 0.3 is 6.03 Å². The summed E-state index contributed by atoms with van der Waals surface area (Å²) in [5, 5.41) is 6.98. The Morgan fingerprint density at radius 1 is 1.09 bits per heavy atom. The van der Waals surface area contributed by atoms with E-state index in [-0.39, 0.29) is 23.7 Å². The fraction of sp³-hybridized carbons (Fsp3) is 0.292. The van der Waals surface area contributed by atoms with Gasteiger partial charge in [0.25, 0.3) is 5.56 Å². The smallest absolute Gasteiger partial charge is 0.322 e. The van der Waals surface area contributed by atoms with Crippen LogP contribution in [0.3, 0.4) is 0 Å². The second-order valence-electron chi connectivity index (χ2n) is 8.94. The summed E-state index contributed by atoms with van der Waals surface area (Å²) < 4.78 is 1.57. The third kappa shape index (κ3) is 5.15. The quantitative estimate of drug-likeness (QED) is 0.524. The first-order valence-electron chi connectivity index (χ1n) is 10.6. The molecule has 1 aromatic heterocycles. The second kappa shape index (κ2) is 9.08. The average molecular weight is 486 g/mol. The van der Waals surface area contributed by atoms with E-state index in [1.807, 2.05) is 51.1 Å². The molecule has 0 spiro atoms. The maximum atomic E-state index is 13.6. The number of anilines is 2. The van der Waals surface area contributed by atoms with Crippen molar-refractivity contribution in [1.29, 1.82) is 0 Å². The van der Waals surface area contributed by atoms with E-state index >= 15 is 0 Å². The molecule has 4 rings (SSSR count). The van der Waals surface area contributed by atoms with Crippen molar-refractivity contribution in [3.8, 4) is 5.69 Å². The van der Waals surface area contributed by atoms with E-state index in [2.05, 4.69) is 10.6 Å². The van der Waals surface area contributed by atoms with Crippen LogP contribution in [0.4, 0.5) is 16.4 Å². The van der Waals surface area contributed by atoms with Crippen LogP contribution in [-0.2, 0) is 13.0 Å². The number of carbonyl (C=O) groups excluding carboxylic acids is 1. The second-order valence-corrected chi connectivity index (χ2v) is 9.78. The number of amides is 2. The molecule has 1 aliphatic heterocycles. The molecule has 2 aromatic carbocycles. The molecule has 9 heteroatoms. The number of urea groups is 1. The largest absolute Gasteiger partial charge is 0.351 e. The van der Waals surface area contributed by atoms with E-state index in [0.717, 1.165) is 0 Å². The van der Waals surface area contributed by atoms with Crippen molar-refractivity contribution in [2.75, 3.05) is 17.2 Å². The van der Waals surface area contributed by atoms with Crippen LogP contribution in [0.5, 0.6) is 0 Å². The van der Waals surface area contributed by atoms with Crippen molar-refractivity contribution in [2.24, 2.45) is 0 Å². The van der Waals surface area contributed by atoms with Gasteiger partial charge in [-0.05, 0) is 51.1 Å². The zero-order chi connectivity index (χ0) is 23.8. The first-order valence-corrected chi connectivity index (χ1v) is 11.4. The maximum Gasteiger partial charge on any atom is 0.322 e. The van der Waals surface area contributed by atoms with Crippen LogP contribution >= 0.6 is 23.2 Å². The van der Waals surface area contributed by atoms with Gasteiger partial charge in [-0.15, -0.1) is 0 Å². The molecule has 0 radical (unpaired) electrons. The molecular formula is C24H25Cl2N5O2. The lowest BCUT2D eigenvalue weighted by atomic mass is 10.1. The summed E-state index contributed by atoms with van der Waals surface area (Å²) >= 11 is 12.1. The fourth-order valence-corrected chi connectivity index (χ4v) is 4.13. The number of carbonyl (C=O) groups is 1. The molecule has 0 unspecified atom stereocenters. The van der Waals surface area contributed by atoms with Crippen LogP contribution in [0, 0.1) is 0 Å². The Morgan fingerprint density at radius 2 is 1.82 bits per heavy atom. The normalized spacial score (nSPS) is 13.4. The van der Waals surface area contributed by atoms with E-state index in [1.165, 1.54) is 0 Å². The summed E-state index contributed by atoms with van der Waals surface area (Å²) in [6.07, 6.45) is 0.473. The molecule has 0 bridgehead atoms. The van der Waals surface area contributed by atoms with E-state index in [1.54, 1.807) is 27.7 Å². The summed E-state index contributed by atoms with van der Waals surface area (Å²) in [6, 6.07) is 13.9. The topological polar surface area (TPSA) is 79.3 Å². The van der Waals surface area contributed by atoms with Crippen molar-refractivity contribution in [2.45, 2.75) is 39.3 Å². The first kappa shape index (κ1) is 23.1. The summed E-state index contributed by atoms with van der Waals surface area (Å²) in [5.41, 5.74) is 1.89. The summed E-state index contributed by atoms with van der Waals surface area (Å²) in [4.78, 5) is 32.9. The van der Waals surface area contributed by atoms with Gasteiger partial charge in [-0.3, -0.25) is 4.79 Å². The van der Waals surface area contributed by atoms with Crippen LogP contribution in [0.1, 0.15) is 32.0 Å². The predicted molar refractivity (Wildman–Crippen MR) is 133 cm³/mol. The number of nitrogens with one attached hydrogen (secondary N) is 2. The molecule has 0 atom stereocenters. The van der Waals surface area contributed by atoms with Crippen LogP contribution in [-0.4, -0.2) is 32.6 Å². The number of rotatable bonds is 3. The molecule has 0 fully saturated rings.